The lowest BCUT2D eigenvalue weighted by Gasteiger charge is -2.27. The molecule has 0 N–H and O–H groups in total. The van der Waals surface area contributed by atoms with Crippen molar-refractivity contribution >= 4 is 39.3 Å². The van der Waals surface area contributed by atoms with Crippen LogP contribution in [0.2, 0.25) is 0 Å². The van der Waals surface area contributed by atoms with Crippen molar-refractivity contribution in [3.8, 4) is 0 Å². The van der Waals surface area contributed by atoms with Gasteiger partial charge in [-0.05, 0) is 34.9 Å². The molecule has 0 aromatic heterocycles. The van der Waals surface area contributed by atoms with Gasteiger partial charge in [-0.3, -0.25) is 4.79 Å². The van der Waals surface area contributed by atoms with Gasteiger partial charge in [0.15, 0.2) is 0 Å². The molecular weight excluding hydrogens is 416 g/mol. The van der Waals surface area contributed by atoms with E-state index in [9.17, 15) is 13.2 Å². The molecule has 1 saturated heterocycles. The third-order valence-electron chi connectivity index (χ3n) is 5.49. The molecule has 0 bridgehead atoms. The molecule has 0 radical (unpaired) electrons. The van der Waals surface area contributed by atoms with Gasteiger partial charge in [0, 0.05) is 25.4 Å². The van der Waals surface area contributed by atoms with Gasteiger partial charge in [-0.1, -0.05) is 60.7 Å². The lowest BCUT2D eigenvalue weighted by molar-refractivity contribution is -0.133. The van der Waals surface area contributed by atoms with E-state index in [-0.39, 0.29) is 22.6 Å². The summed E-state index contributed by atoms with van der Waals surface area (Å²) in [5, 5.41) is 1.64. The minimum Gasteiger partial charge on any atom is -0.340 e. The number of benzene rings is 3. The van der Waals surface area contributed by atoms with Gasteiger partial charge in [0.2, 0.25) is 15.9 Å². The molecule has 1 heterocycles. The minimum atomic E-state index is -3.83. The Labute approximate surface area is 182 Å². The average molecular weight is 441 g/mol. The van der Waals surface area contributed by atoms with Crippen LogP contribution in [0.3, 0.4) is 0 Å². The molecule has 30 heavy (non-hydrogen) atoms. The van der Waals surface area contributed by atoms with Gasteiger partial charge in [0.1, 0.15) is 6.04 Å². The van der Waals surface area contributed by atoms with Crippen LogP contribution in [0.4, 0.5) is 0 Å². The Balaban J connectivity index is 1.61. The molecule has 0 unspecified atom stereocenters. The number of thiol groups is 1. The smallest absolute Gasteiger partial charge is 0.243 e. The zero-order valence-electron chi connectivity index (χ0n) is 16.7. The first-order chi connectivity index (χ1) is 14.4. The first-order valence-corrected chi connectivity index (χ1v) is 11.8. The highest BCUT2D eigenvalue weighted by Crippen LogP contribution is 2.31. The number of carbonyl (C=O) groups is 1. The Morgan fingerprint density at radius 3 is 2.43 bits per heavy atom. The van der Waals surface area contributed by atoms with Crippen LogP contribution in [-0.4, -0.2) is 48.4 Å². The molecule has 0 aliphatic carbocycles. The summed E-state index contributed by atoms with van der Waals surface area (Å²) in [6.07, 6.45) is 0.397. The molecule has 7 heteroatoms. The summed E-state index contributed by atoms with van der Waals surface area (Å²) in [6.45, 7) is 0.644. The van der Waals surface area contributed by atoms with E-state index >= 15 is 0 Å². The molecule has 1 amide bonds. The van der Waals surface area contributed by atoms with Crippen LogP contribution in [0.25, 0.3) is 10.8 Å². The summed E-state index contributed by atoms with van der Waals surface area (Å²) in [7, 11) is -2.12. The third kappa shape index (κ3) is 4.10. The van der Waals surface area contributed by atoms with Crippen molar-refractivity contribution in [3.63, 3.8) is 0 Å². The van der Waals surface area contributed by atoms with Crippen molar-refractivity contribution in [2.45, 2.75) is 29.2 Å². The maximum Gasteiger partial charge on any atom is 0.243 e. The number of sulfonamides is 1. The minimum absolute atomic E-state index is 0.181. The largest absolute Gasteiger partial charge is 0.340 e. The van der Waals surface area contributed by atoms with E-state index in [4.69, 9.17) is 0 Å². The van der Waals surface area contributed by atoms with Gasteiger partial charge in [0.05, 0.1) is 4.90 Å². The molecule has 156 valence electrons. The molecule has 2 atom stereocenters. The number of fused-ring (bicyclic) bond motifs is 1. The van der Waals surface area contributed by atoms with Crippen LogP contribution in [0.5, 0.6) is 0 Å². The van der Waals surface area contributed by atoms with E-state index in [1.807, 2.05) is 54.6 Å². The topological polar surface area (TPSA) is 57.7 Å². The summed E-state index contributed by atoms with van der Waals surface area (Å²) >= 11 is 4.50. The molecular formula is C23H24N2O3S2. The van der Waals surface area contributed by atoms with E-state index in [2.05, 4.69) is 12.6 Å². The standard InChI is InChI=1S/C23H24N2O3S2/c1-24(15-17-7-3-2-4-8-17)23(26)22-14-20(29)16-25(22)30(27,28)21-12-11-18-9-5-6-10-19(18)13-21/h2-13,20,22,29H,14-16H2,1H3/t20-,22+/m1/s1. The average Bonchev–Trinajstić information content (AvgIpc) is 3.16. The van der Waals surface area contributed by atoms with Crippen molar-refractivity contribution in [1.29, 1.82) is 0 Å². The quantitative estimate of drug-likeness (QED) is 0.617. The lowest BCUT2D eigenvalue weighted by atomic mass is 10.1. The van der Waals surface area contributed by atoms with Gasteiger partial charge >= 0.3 is 0 Å². The van der Waals surface area contributed by atoms with Crippen LogP contribution >= 0.6 is 12.6 Å². The maximum atomic E-state index is 13.4. The van der Waals surface area contributed by atoms with Crippen LogP contribution < -0.4 is 0 Å². The molecule has 1 fully saturated rings. The maximum absolute atomic E-state index is 13.4. The van der Waals surface area contributed by atoms with E-state index in [0.29, 0.717) is 13.0 Å². The van der Waals surface area contributed by atoms with Gasteiger partial charge < -0.3 is 4.90 Å². The van der Waals surface area contributed by atoms with Crippen LogP contribution in [0.15, 0.2) is 77.7 Å². The normalized spacial score (nSPS) is 19.8. The fourth-order valence-corrected chi connectivity index (χ4v) is 6.09. The Bertz CT molecular complexity index is 1170. The van der Waals surface area contributed by atoms with Crippen molar-refractivity contribution in [2.24, 2.45) is 0 Å². The predicted molar refractivity (Wildman–Crippen MR) is 122 cm³/mol. The molecule has 0 spiro atoms. The summed E-state index contributed by atoms with van der Waals surface area (Å²) in [6, 6.07) is 21.6. The number of nitrogens with zero attached hydrogens (tertiary/aromatic N) is 2. The number of hydrogen-bond donors (Lipinski definition) is 1. The zero-order valence-corrected chi connectivity index (χ0v) is 18.4. The van der Waals surface area contributed by atoms with Gasteiger partial charge in [-0.25, -0.2) is 8.42 Å². The Morgan fingerprint density at radius 1 is 1.03 bits per heavy atom. The predicted octanol–water partition coefficient (Wildman–Crippen LogP) is 3.56. The Hall–Kier alpha value is -2.35. The molecule has 4 rings (SSSR count). The van der Waals surface area contributed by atoms with Gasteiger partial charge in [-0.2, -0.15) is 16.9 Å². The summed E-state index contributed by atoms with van der Waals surface area (Å²) < 4.78 is 28.2. The van der Waals surface area contributed by atoms with E-state index in [1.54, 1.807) is 30.1 Å². The highest BCUT2D eigenvalue weighted by molar-refractivity contribution is 7.89. The molecule has 3 aromatic carbocycles. The van der Waals surface area contributed by atoms with E-state index in [0.717, 1.165) is 16.3 Å². The second-order valence-electron chi connectivity index (χ2n) is 7.67. The van der Waals surface area contributed by atoms with Crippen molar-refractivity contribution in [3.05, 3.63) is 78.4 Å². The zero-order chi connectivity index (χ0) is 21.3. The molecule has 1 aliphatic heterocycles. The van der Waals surface area contributed by atoms with E-state index < -0.39 is 16.1 Å². The van der Waals surface area contributed by atoms with Crippen LogP contribution in [-0.2, 0) is 21.4 Å². The van der Waals surface area contributed by atoms with E-state index in [1.165, 1.54) is 4.31 Å². The SMILES string of the molecule is CN(Cc1ccccc1)C(=O)[C@@H]1C[C@@H](S)CN1S(=O)(=O)c1ccc2ccccc2c1. The number of carbonyl (C=O) groups excluding carboxylic acids is 1. The summed E-state index contributed by atoms with van der Waals surface area (Å²) in [5.74, 6) is -0.209. The number of likely N-dealkylation sites (N-methyl/N-ethyl adjacent to an activating group) is 1. The lowest BCUT2D eigenvalue weighted by Crippen LogP contribution is -2.46. The highest BCUT2D eigenvalue weighted by Gasteiger charge is 2.43. The fourth-order valence-electron chi connectivity index (χ4n) is 3.93. The first kappa shape index (κ1) is 20.9. The summed E-state index contributed by atoms with van der Waals surface area (Å²) in [4.78, 5) is 15.0. The second-order valence-corrected chi connectivity index (χ2v) is 10.3. The summed E-state index contributed by atoms with van der Waals surface area (Å²) in [5.41, 5.74) is 0.998. The van der Waals surface area contributed by atoms with Gasteiger partial charge in [-0.15, -0.1) is 0 Å². The molecule has 3 aromatic rings. The van der Waals surface area contributed by atoms with Crippen LogP contribution in [0.1, 0.15) is 12.0 Å². The van der Waals surface area contributed by atoms with Crippen molar-refractivity contribution in [1.82, 2.24) is 9.21 Å². The Kier molecular flexibility index (Phi) is 5.86. The number of rotatable bonds is 5. The number of amides is 1. The Morgan fingerprint density at radius 2 is 1.70 bits per heavy atom. The molecule has 1 aliphatic rings. The van der Waals surface area contributed by atoms with Crippen molar-refractivity contribution < 1.29 is 13.2 Å². The second kappa shape index (κ2) is 8.41. The first-order valence-electron chi connectivity index (χ1n) is 9.84. The molecule has 5 nitrogen and oxygen atoms in total. The monoisotopic (exact) mass is 440 g/mol. The van der Waals surface area contributed by atoms with Crippen molar-refractivity contribution in [2.75, 3.05) is 13.6 Å². The van der Waals surface area contributed by atoms with Crippen LogP contribution in [0, 0.1) is 0 Å². The highest BCUT2D eigenvalue weighted by atomic mass is 32.2. The number of hydrogen-bond acceptors (Lipinski definition) is 4. The third-order valence-corrected chi connectivity index (χ3v) is 7.73. The fraction of sp³-hybridized carbons (Fsp3) is 0.261. The molecule has 0 saturated carbocycles. The van der Waals surface area contributed by atoms with Gasteiger partial charge in [0.25, 0.3) is 0 Å².